The predicted molar refractivity (Wildman–Crippen MR) is 169 cm³/mol. The van der Waals surface area contributed by atoms with Gasteiger partial charge in [0.15, 0.2) is 0 Å². The van der Waals surface area contributed by atoms with Crippen LogP contribution in [0.3, 0.4) is 0 Å². The molecule has 0 saturated heterocycles. The highest BCUT2D eigenvalue weighted by atomic mass is 32.2. The van der Waals surface area contributed by atoms with E-state index in [1.165, 1.54) is 47.0 Å². The largest absolute Gasteiger partial charge is 0.270 e. The van der Waals surface area contributed by atoms with Crippen molar-refractivity contribution in [2.45, 2.75) is 9.79 Å². The van der Waals surface area contributed by atoms with Crippen LogP contribution in [-0.4, -0.2) is 16.8 Å². The monoisotopic (exact) mass is 646 g/mol. The summed E-state index contributed by atoms with van der Waals surface area (Å²) >= 11 is 2.59. The molecule has 0 amide bonds. The summed E-state index contributed by atoms with van der Waals surface area (Å²) in [5.74, 6) is 0. The van der Waals surface area contributed by atoms with Gasteiger partial charge in [0.1, 0.15) is 0 Å². The van der Waals surface area contributed by atoms with E-state index in [1.807, 2.05) is 12.1 Å². The number of rotatable bonds is 3. The van der Waals surface area contributed by atoms with Crippen LogP contribution in [0.4, 0.5) is 0 Å². The summed E-state index contributed by atoms with van der Waals surface area (Å²) in [7, 11) is -7.94. The molecule has 4 heterocycles. The number of benzene rings is 2. The second kappa shape index (κ2) is 10.7. The SMILES string of the molecule is [C-]#[N+]/C(C#N)=C1\C(=C\c2ccc(-c3ccc(/C=C4/C(=C(\C#N)[N+]#[C-])c5ccccc5S4(=O)=O)s3)s2)S(=O)(=O)c2ccccc21. The van der Waals surface area contributed by atoms with Crippen molar-refractivity contribution < 1.29 is 16.8 Å². The molecule has 0 unspecified atom stereocenters. The van der Waals surface area contributed by atoms with Gasteiger partial charge in [-0.1, -0.05) is 36.4 Å². The lowest BCUT2D eigenvalue weighted by Gasteiger charge is -2.01. The van der Waals surface area contributed by atoms with Crippen molar-refractivity contribution in [3.05, 3.63) is 138 Å². The number of fused-ring (bicyclic) bond motifs is 2. The van der Waals surface area contributed by atoms with Crippen LogP contribution in [0.5, 0.6) is 0 Å². The van der Waals surface area contributed by atoms with E-state index >= 15 is 0 Å². The highest BCUT2D eigenvalue weighted by molar-refractivity contribution is 7.97. The molecule has 2 aliphatic rings. The molecule has 44 heavy (non-hydrogen) atoms. The first-order chi connectivity index (χ1) is 21.1. The maximum absolute atomic E-state index is 13.4. The number of hydrogen-bond donors (Lipinski definition) is 0. The van der Waals surface area contributed by atoms with Gasteiger partial charge in [-0.15, -0.1) is 22.7 Å². The van der Waals surface area contributed by atoms with Crippen molar-refractivity contribution in [2.75, 3.05) is 0 Å². The summed E-state index contributed by atoms with van der Waals surface area (Å²) in [5.41, 5.74) is 0.164. The Balaban J connectivity index is 1.41. The second-order valence-electron chi connectivity index (χ2n) is 9.31. The van der Waals surface area contributed by atoms with E-state index in [9.17, 15) is 27.4 Å². The number of nitriles is 2. The second-order valence-corrected chi connectivity index (χ2v) is 15.3. The third-order valence-corrected chi connectivity index (χ3v) is 12.8. The molecule has 0 fully saturated rings. The van der Waals surface area contributed by atoms with Crippen molar-refractivity contribution in [1.82, 2.24) is 0 Å². The molecule has 2 aromatic carbocycles. The van der Waals surface area contributed by atoms with Gasteiger partial charge in [0.05, 0.1) is 44.9 Å². The van der Waals surface area contributed by atoms with Crippen LogP contribution >= 0.6 is 22.7 Å². The molecule has 210 valence electrons. The van der Waals surface area contributed by atoms with E-state index in [0.29, 0.717) is 20.9 Å². The van der Waals surface area contributed by atoms with Crippen LogP contribution in [0.1, 0.15) is 20.9 Å². The topological polar surface area (TPSA) is 125 Å². The first-order valence-corrected chi connectivity index (χ1v) is 17.1. The molecule has 0 atom stereocenters. The molecule has 6 rings (SSSR count). The summed E-state index contributed by atoms with van der Waals surface area (Å²) in [4.78, 5) is 9.12. The molecule has 0 spiro atoms. The summed E-state index contributed by atoms with van der Waals surface area (Å²) in [6.07, 6.45) is 2.93. The Morgan fingerprint density at radius 3 is 1.39 bits per heavy atom. The molecule has 12 heteroatoms. The van der Waals surface area contributed by atoms with Gasteiger partial charge in [-0.3, -0.25) is 0 Å². The minimum Gasteiger partial charge on any atom is -0.226 e. The Labute approximate surface area is 261 Å². The first-order valence-electron chi connectivity index (χ1n) is 12.5. The third kappa shape index (κ3) is 4.42. The Bertz CT molecular complexity index is 2260. The van der Waals surface area contributed by atoms with E-state index in [4.69, 9.17) is 13.1 Å². The van der Waals surface area contributed by atoms with Crippen molar-refractivity contribution in [3.8, 4) is 21.9 Å². The van der Waals surface area contributed by atoms with Gasteiger partial charge in [0.25, 0.3) is 11.4 Å². The molecule has 0 aliphatic carbocycles. The van der Waals surface area contributed by atoms with Gasteiger partial charge in [-0.2, -0.15) is 0 Å². The highest BCUT2D eigenvalue weighted by Gasteiger charge is 2.39. The van der Waals surface area contributed by atoms with Gasteiger partial charge >= 0.3 is 0 Å². The molecule has 4 aromatic rings. The lowest BCUT2D eigenvalue weighted by Crippen LogP contribution is -1.97. The fourth-order valence-corrected chi connectivity index (χ4v) is 10.6. The fraction of sp³-hybridized carbons (Fsp3) is 0. The molecule has 2 aliphatic heterocycles. The molecule has 0 bridgehead atoms. The molecular formula is C32H14N4O4S4. The highest BCUT2D eigenvalue weighted by Crippen LogP contribution is 2.48. The molecule has 0 saturated carbocycles. The molecule has 0 N–H and O–H groups in total. The summed E-state index contributed by atoms with van der Waals surface area (Å²) < 4.78 is 53.7. The quantitative estimate of drug-likeness (QED) is 0.168. The van der Waals surface area contributed by atoms with Crippen molar-refractivity contribution in [2.24, 2.45) is 0 Å². The normalized spacial score (nSPS) is 19.7. The first kappa shape index (κ1) is 28.8. The Morgan fingerprint density at radius 2 is 1.02 bits per heavy atom. The number of thiophene rings is 2. The number of nitrogens with zero attached hydrogens (tertiary/aromatic N) is 4. The average molecular weight is 647 g/mol. The zero-order valence-electron chi connectivity index (χ0n) is 22.1. The van der Waals surface area contributed by atoms with Gasteiger partial charge in [0.2, 0.25) is 19.7 Å². The molecule has 2 aromatic heterocycles. The van der Waals surface area contributed by atoms with E-state index in [0.717, 1.165) is 9.75 Å². The van der Waals surface area contributed by atoms with Crippen LogP contribution in [-0.2, 0) is 19.7 Å². The van der Waals surface area contributed by atoms with Crippen LogP contribution in [0.15, 0.2) is 104 Å². The zero-order chi connectivity index (χ0) is 31.2. The Kier molecular flexibility index (Phi) is 7.02. The van der Waals surface area contributed by atoms with E-state index in [1.54, 1.807) is 60.7 Å². The van der Waals surface area contributed by atoms with Crippen LogP contribution in [0.25, 0.3) is 42.7 Å². The van der Waals surface area contributed by atoms with Crippen molar-refractivity contribution >= 4 is 65.6 Å². The van der Waals surface area contributed by atoms with E-state index in [2.05, 4.69) is 9.69 Å². The molecular weight excluding hydrogens is 633 g/mol. The van der Waals surface area contributed by atoms with Crippen molar-refractivity contribution in [1.29, 1.82) is 10.5 Å². The van der Waals surface area contributed by atoms with Crippen molar-refractivity contribution in [3.63, 3.8) is 0 Å². The van der Waals surface area contributed by atoms with Gasteiger partial charge in [0, 0.05) is 30.7 Å². The Morgan fingerprint density at radius 1 is 0.636 bits per heavy atom. The maximum Gasteiger partial charge on any atom is 0.270 e. The number of hydrogen-bond acceptors (Lipinski definition) is 8. The van der Waals surface area contributed by atoms with Gasteiger partial charge < -0.3 is 0 Å². The van der Waals surface area contributed by atoms with Gasteiger partial charge in [-0.25, -0.2) is 37.0 Å². The summed E-state index contributed by atoms with van der Waals surface area (Å²) in [6, 6.07) is 23.3. The average Bonchev–Trinajstić information content (AvgIpc) is 3.78. The predicted octanol–water partition coefficient (Wildman–Crippen LogP) is 7.44. The maximum atomic E-state index is 13.4. The number of sulfone groups is 2. The smallest absolute Gasteiger partial charge is 0.226 e. The van der Waals surface area contributed by atoms with E-state index < -0.39 is 19.7 Å². The summed E-state index contributed by atoms with van der Waals surface area (Å²) in [5, 5.41) is 19.1. The molecule has 8 nitrogen and oxygen atoms in total. The zero-order valence-corrected chi connectivity index (χ0v) is 25.4. The fourth-order valence-electron chi connectivity index (χ4n) is 5.03. The minimum atomic E-state index is -3.97. The Hall–Kier alpha value is -5.34. The van der Waals surface area contributed by atoms with Crippen LogP contribution < -0.4 is 0 Å². The summed E-state index contributed by atoms with van der Waals surface area (Å²) in [6.45, 7) is 14.9. The minimum absolute atomic E-state index is 0.0422. The standard InChI is InChI=1S/C32H14N4O4S4/c1-35-23(17-33)31-21-7-3-5-9-27(21)43(37,38)29(31)15-19-11-13-25(41-19)26-14-12-20(42-26)16-30-32(24(18-34)36-2)22-8-4-6-10-28(22)44(30,39)40/h3-16H/b29-15-,30-16-,31-23-,32-24+. The van der Waals surface area contributed by atoms with Crippen LogP contribution in [0, 0.1) is 35.8 Å². The van der Waals surface area contributed by atoms with Gasteiger partial charge in [-0.05, 0) is 59.7 Å². The lowest BCUT2D eigenvalue weighted by atomic mass is 10.0. The third-order valence-electron chi connectivity index (χ3n) is 6.92. The van der Waals surface area contributed by atoms with E-state index in [-0.39, 0.29) is 42.1 Å². The lowest BCUT2D eigenvalue weighted by molar-refractivity contribution is 0.603. The number of allylic oxidation sites excluding steroid dienone is 4. The van der Waals surface area contributed by atoms with Crippen LogP contribution in [0.2, 0.25) is 0 Å². The molecule has 0 radical (unpaired) electrons.